The van der Waals surface area contributed by atoms with E-state index in [1.165, 1.54) is 38.5 Å². The van der Waals surface area contributed by atoms with Crippen LogP contribution in [0.2, 0.25) is 0 Å². The fraction of sp³-hybridized carbons (Fsp3) is 0.429. The molecule has 0 unspecified atom stereocenters. The number of hydrogen-bond donors (Lipinski definition) is 0. The van der Waals surface area contributed by atoms with Crippen LogP contribution in [0.5, 0.6) is 0 Å². The molecule has 72 valence electrons. The molecule has 3 rings (SSSR count). The third-order valence-corrected chi connectivity index (χ3v) is 3.37. The van der Waals surface area contributed by atoms with Crippen LogP contribution in [0.15, 0.2) is 46.6 Å². The topological polar surface area (TPSA) is 0 Å². The van der Waals surface area contributed by atoms with Crippen molar-refractivity contribution in [3.8, 4) is 0 Å². The molecule has 1 fully saturated rings. The molecule has 0 heterocycles. The van der Waals surface area contributed by atoms with Crippen LogP contribution in [-0.2, 0) is 0 Å². The van der Waals surface area contributed by atoms with Crippen LogP contribution in [-0.4, -0.2) is 0 Å². The fourth-order valence-electron chi connectivity index (χ4n) is 2.62. The minimum Gasteiger partial charge on any atom is -0.0760 e. The molecular weight excluding hydrogens is 168 g/mol. The predicted molar refractivity (Wildman–Crippen MR) is 60.0 cm³/mol. The molecule has 0 aromatic heterocycles. The first-order valence-corrected chi connectivity index (χ1v) is 5.79. The van der Waals surface area contributed by atoms with Crippen molar-refractivity contribution in [3.05, 3.63) is 46.6 Å². The fourth-order valence-corrected chi connectivity index (χ4v) is 2.62. The molecule has 14 heavy (non-hydrogen) atoms. The number of fused-ring (bicyclic) bond motifs is 4. The van der Waals surface area contributed by atoms with Gasteiger partial charge in [0.25, 0.3) is 0 Å². The Morgan fingerprint density at radius 1 is 0.500 bits per heavy atom. The lowest BCUT2D eigenvalue weighted by molar-refractivity contribution is 0.871. The molecule has 1 saturated carbocycles. The van der Waals surface area contributed by atoms with Crippen molar-refractivity contribution < 1.29 is 0 Å². The molecule has 3 aliphatic rings. The first-order chi connectivity index (χ1) is 6.97. The van der Waals surface area contributed by atoms with Gasteiger partial charge in [0.2, 0.25) is 0 Å². The SMILES string of the molecule is C1=C2C(=CCCC1)C1=CCCCC=C21. The van der Waals surface area contributed by atoms with Crippen LogP contribution >= 0.6 is 0 Å². The van der Waals surface area contributed by atoms with Gasteiger partial charge in [-0.2, -0.15) is 0 Å². The summed E-state index contributed by atoms with van der Waals surface area (Å²) in [5.41, 5.74) is 6.21. The normalized spacial score (nSPS) is 25.1. The van der Waals surface area contributed by atoms with Gasteiger partial charge in [-0.15, -0.1) is 0 Å². The average molecular weight is 184 g/mol. The maximum atomic E-state index is 2.44. The van der Waals surface area contributed by atoms with Crippen molar-refractivity contribution in [1.29, 1.82) is 0 Å². The monoisotopic (exact) mass is 184 g/mol. The van der Waals surface area contributed by atoms with E-state index < -0.39 is 0 Å². The average Bonchev–Trinajstić information content (AvgIpc) is 2.49. The Morgan fingerprint density at radius 3 is 1.07 bits per heavy atom. The van der Waals surface area contributed by atoms with Crippen LogP contribution in [0.3, 0.4) is 0 Å². The quantitative estimate of drug-likeness (QED) is 0.532. The molecule has 0 saturated heterocycles. The van der Waals surface area contributed by atoms with Crippen LogP contribution in [0.4, 0.5) is 0 Å². The summed E-state index contributed by atoms with van der Waals surface area (Å²) < 4.78 is 0. The van der Waals surface area contributed by atoms with Crippen molar-refractivity contribution in [2.45, 2.75) is 38.5 Å². The van der Waals surface area contributed by atoms with E-state index in [-0.39, 0.29) is 0 Å². The molecule has 0 amide bonds. The van der Waals surface area contributed by atoms with E-state index in [1.807, 2.05) is 0 Å². The van der Waals surface area contributed by atoms with E-state index in [0.717, 1.165) is 0 Å². The first-order valence-electron chi connectivity index (χ1n) is 5.79. The van der Waals surface area contributed by atoms with Crippen LogP contribution in [0.25, 0.3) is 0 Å². The zero-order valence-electron chi connectivity index (χ0n) is 8.55. The highest BCUT2D eigenvalue weighted by Gasteiger charge is 2.29. The van der Waals surface area contributed by atoms with Gasteiger partial charge in [-0.1, -0.05) is 24.3 Å². The van der Waals surface area contributed by atoms with Crippen molar-refractivity contribution in [2.75, 3.05) is 0 Å². The Bertz CT molecular complexity index is 285. The van der Waals surface area contributed by atoms with Crippen molar-refractivity contribution in [2.24, 2.45) is 0 Å². The Balaban J connectivity index is 2.06. The van der Waals surface area contributed by atoms with Gasteiger partial charge in [0.15, 0.2) is 0 Å². The van der Waals surface area contributed by atoms with E-state index in [1.54, 1.807) is 22.3 Å². The van der Waals surface area contributed by atoms with Gasteiger partial charge in [-0.05, 0) is 60.8 Å². The van der Waals surface area contributed by atoms with Gasteiger partial charge in [0.05, 0.1) is 0 Å². The molecule has 0 bridgehead atoms. The first kappa shape index (κ1) is 8.28. The van der Waals surface area contributed by atoms with Gasteiger partial charge in [0, 0.05) is 0 Å². The van der Waals surface area contributed by atoms with Gasteiger partial charge in [0.1, 0.15) is 0 Å². The summed E-state index contributed by atoms with van der Waals surface area (Å²) in [6.07, 6.45) is 17.5. The molecule has 0 aromatic rings. The zero-order valence-corrected chi connectivity index (χ0v) is 8.55. The summed E-state index contributed by atoms with van der Waals surface area (Å²) in [5.74, 6) is 0. The summed E-state index contributed by atoms with van der Waals surface area (Å²) in [4.78, 5) is 0. The molecule has 0 spiro atoms. The van der Waals surface area contributed by atoms with Crippen molar-refractivity contribution >= 4 is 0 Å². The Hall–Kier alpha value is -1.04. The van der Waals surface area contributed by atoms with E-state index in [4.69, 9.17) is 0 Å². The van der Waals surface area contributed by atoms with Gasteiger partial charge < -0.3 is 0 Å². The van der Waals surface area contributed by atoms with E-state index >= 15 is 0 Å². The lowest BCUT2D eigenvalue weighted by atomic mass is 9.74. The summed E-state index contributed by atoms with van der Waals surface area (Å²) in [6, 6.07) is 0. The van der Waals surface area contributed by atoms with Crippen LogP contribution in [0, 0.1) is 0 Å². The number of hydrogen-bond acceptors (Lipinski definition) is 0. The highest BCUT2D eigenvalue weighted by atomic mass is 14.3. The summed E-state index contributed by atoms with van der Waals surface area (Å²) in [6.45, 7) is 0. The van der Waals surface area contributed by atoms with E-state index in [9.17, 15) is 0 Å². The third-order valence-electron chi connectivity index (χ3n) is 3.37. The van der Waals surface area contributed by atoms with Crippen molar-refractivity contribution in [1.82, 2.24) is 0 Å². The molecule has 0 N–H and O–H groups in total. The van der Waals surface area contributed by atoms with E-state index in [2.05, 4.69) is 24.3 Å². The molecule has 3 aliphatic carbocycles. The maximum absolute atomic E-state index is 2.44. The second-order valence-corrected chi connectivity index (χ2v) is 4.33. The standard InChI is InChI=1S/C14H16/c1-3-7-11-12(8-4-1)14-10-6-2-5-9-13(11)14/h7-10H,1-6H2. The summed E-state index contributed by atoms with van der Waals surface area (Å²) >= 11 is 0. The lowest BCUT2D eigenvalue weighted by Gasteiger charge is -2.29. The van der Waals surface area contributed by atoms with Crippen LogP contribution < -0.4 is 0 Å². The lowest BCUT2D eigenvalue weighted by Crippen LogP contribution is -2.12. The molecule has 0 atom stereocenters. The Labute approximate surface area is 85.7 Å². The largest absolute Gasteiger partial charge is 0.0760 e. The maximum Gasteiger partial charge on any atom is -0.0146 e. The molecule has 0 aromatic carbocycles. The number of rotatable bonds is 0. The Kier molecular flexibility index (Phi) is 1.93. The third kappa shape index (κ3) is 1.13. The Morgan fingerprint density at radius 2 is 0.786 bits per heavy atom. The van der Waals surface area contributed by atoms with Crippen molar-refractivity contribution in [3.63, 3.8) is 0 Å². The molecule has 0 radical (unpaired) electrons. The van der Waals surface area contributed by atoms with Gasteiger partial charge in [-0.25, -0.2) is 0 Å². The van der Waals surface area contributed by atoms with Gasteiger partial charge in [-0.3, -0.25) is 0 Å². The smallest absolute Gasteiger partial charge is 0.0146 e. The van der Waals surface area contributed by atoms with E-state index in [0.29, 0.717) is 0 Å². The minimum absolute atomic E-state index is 1.26. The molecule has 0 heteroatoms. The summed E-state index contributed by atoms with van der Waals surface area (Å²) in [5, 5.41) is 0. The van der Waals surface area contributed by atoms with Gasteiger partial charge >= 0.3 is 0 Å². The molecular formula is C14H16. The minimum atomic E-state index is 1.26. The van der Waals surface area contributed by atoms with Crippen LogP contribution in [0.1, 0.15) is 38.5 Å². The highest BCUT2D eigenvalue weighted by molar-refractivity contribution is 5.78. The predicted octanol–water partition coefficient (Wildman–Crippen LogP) is 4.07. The molecule has 0 nitrogen and oxygen atoms in total. The summed E-state index contributed by atoms with van der Waals surface area (Å²) in [7, 11) is 0. The highest BCUT2D eigenvalue weighted by Crippen LogP contribution is 2.47. The number of allylic oxidation sites excluding steroid dienone is 8. The zero-order chi connectivity index (χ0) is 9.38. The molecule has 0 aliphatic heterocycles. The second-order valence-electron chi connectivity index (χ2n) is 4.33. The second kappa shape index (κ2) is 3.27.